The normalized spacial score (nSPS) is 14.6. The summed E-state index contributed by atoms with van der Waals surface area (Å²) in [5.74, 6) is 0.329. The van der Waals surface area contributed by atoms with Crippen molar-refractivity contribution in [1.82, 2.24) is 19.4 Å². The zero-order valence-corrected chi connectivity index (χ0v) is 18.3. The summed E-state index contributed by atoms with van der Waals surface area (Å²) in [7, 11) is 3.92. The minimum atomic E-state index is -0.437. The van der Waals surface area contributed by atoms with Gasteiger partial charge in [-0.1, -0.05) is 11.3 Å². The van der Waals surface area contributed by atoms with Gasteiger partial charge in [-0.3, -0.25) is 20.2 Å². The maximum Gasteiger partial charge on any atom is 0.293 e. The Morgan fingerprint density at radius 3 is 2.61 bits per heavy atom. The second kappa shape index (κ2) is 8.44. The molecular formula is C20H23N7O3S. The van der Waals surface area contributed by atoms with Crippen LogP contribution >= 0.6 is 11.3 Å². The van der Waals surface area contributed by atoms with Crippen LogP contribution in [0.15, 0.2) is 30.6 Å². The molecule has 3 heterocycles. The first-order valence-corrected chi connectivity index (χ1v) is 10.6. The fraction of sp³-hybridized carbons (Fsp3) is 0.350. The average Bonchev–Trinajstić information content (AvgIpc) is 3.32. The molecule has 0 aliphatic carbocycles. The van der Waals surface area contributed by atoms with Crippen LogP contribution in [0.2, 0.25) is 0 Å². The Labute approximate surface area is 183 Å². The molecular weight excluding hydrogens is 418 g/mol. The van der Waals surface area contributed by atoms with Crippen LogP contribution in [0.5, 0.6) is 0 Å². The molecule has 1 aliphatic heterocycles. The number of imidazole rings is 1. The molecule has 1 saturated heterocycles. The average molecular weight is 442 g/mol. The predicted molar refractivity (Wildman–Crippen MR) is 120 cm³/mol. The number of thiazole rings is 1. The van der Waals surface area contributed by atoms with Crippen molar-refractivity contribution in [3.63, 3.8) is 0 Å². The van der Waals surface area contributed by atoms with Crippen molar-refractivity contribution < 1.29 is 9.72 Å². The lowest BCUT2D eigenvalue weighted by atomic mass is 10.1. The van der Waals surface area contributed by atoms with E-state index in [0.29, 0.717) is 23.9 Å². The summed E-state index contributed by atoms with van der Waals surface area (Å²) in [4.78, 5) is 37.8. The van der Waals surface area contributed by atoms with Crippen LogP contribution in [0.4, 0.5) is 16.5 Å². The van der Waals surface area contributed by atoms with E-state index in [1.54, 1.807) is 18.3 Å². The Morgan fingerprint density at radius 1 is 1.23 bits per heavy atom. The van der Waals surface area contributed by atoms with Gasteiger partial charge in [0.2, 0.25) is 0 Å². The molecule has 1 aromatic carbocycles. The van der Waals surface area contributed by atoms with Gasteiger partial charge in [0, 0.05) is 57.3 Å². The largest absolute Gasteiger partial charge is 0.363 e. The number of carbonyl (C=O) groups is 1. The zero-order chi connectivity index (χ0) is 22.1. The van der Waals surface area contributed by atoms with Gasteiger partial charge in [0.25, 0.3) is 11.6 Å². The lowest BCUT2D eigenvalue weighted by Crippen LogP contribution is -2.44. The van der Waals surface area contributed by atoms with E-state index >= 15 is 0 Å². The van der Waals surface area contributed by atoms with Gasteiger partial charge < -0.3 is 14.4 Å². The zero-order valence-electron chi connectivity index (χ0n) is 17.5. The van der Waals surface area contributed by atoms with Crippen LogP contribution in [0, 0.1) is 17.0 Å². The van der Waals surface area contributed by atoms with Crippen molar-refractivity contribution in [3.05, 3.63) is 52.0 Å². The second-order valence-electron chi connectivity index (χ2n) is 7.50. The molecule has 10 nitrogen and oxygen atoms in total. The van der Waals surface area contributed by atoms with Crippen molar-refractivity contribution in [1.29, 1.82) is 0 Å². The number of carbonyl (C=O) groups excluding carboxylic acids is 1. The predicted octanol–water partition coefficient (Wildman–Crippen LogP) is 2.76. The molecule has 31 heavy (non-hydrogen) atoms. The van der Waals surface area contributed by atoms with E-state index in [1.165, 1.54) is 17.4 Å². The molecule has 0 bridgehead atoms. The Kier molecular flexibility index (Phi) is 5.70. The Balaban J connectivity index is 1.56. The third kappa shape index (κ3) is 4.28. The fourth-order valence-electron chi connectivity index (χ4n) is 3.54. The summed E-state index contributed by atoms with van der Waals surface area (Å²) < 4.78 is 1.88. The van der Waals surface area contributed by atoms with Crippen LogP contribution in [0.3, 0.4) is 0 Å². The molecule has 0 atom stereocenters. The van der Waals surface area contributed by atoms with Crippen LogP contribution in [0.25, 0.3) is 10.7 Å². The molecule has 1 N–H and O–H groups in total. The summed E-state index contributed by atoms with van der Waals surface area (Å²) in [6.45, 7) is 4.93. The molecule has 0 saturated carbocycles. The standard InChI is InChI=1S/C20H23N7O3S/c1-13-17(18-21-6-7-25(18)3)31-20(22-13)23-19(28)14-4-5-15(16(12-14)27(29)30)26-10-8-24(2)9-11-26/h4-7,12H,8-11H2,1-3H3,(H,22,23,28). The van der Waals surface area contributed by atoms with Gasteiger partial charge in [0.1, 0.15) is 5.69 Å². The van der Waals surface area contributed by atoms with Crippen molar-refractivity contribution in [2.45, 2.75) is 6.92 Å². The number of hydrogen-bond acceptors (Lipinski definition) is 8. The van der Waals surface area contributed by atoms with E-state index in [9.17, 15) is 14.9 Å². The number of aryl methyl sites for hydroxylation is 2. The van der Waals surface area contributed by atoms with Crippen molar-refractivity contribution in [3.8, 4) is 10.7 Å². The number of aromatic nitrogens is 3. The topological polar surface area (TPSA) is 109 Å². The molecule has 1 fully saturated rings. The van der Waals surface area contributed by atoms with Gasteiger partial charge in [-0.2, -0.15) is 0 Å². The summed E-state index contributed by atoms with van der Waals surface area (Å²) in [5.41, 5.74) is 1.44. The first-order valence-electron chi connectivity index (χ1n) is 9.82. The highest BCUT2D eigenvalue weighted by molar-refractivity contribution is 7.19. The van der Waals surface area contributed by atoms with Crippen LogP contribution < -0.4 is 10.2 Å². The second-order valence-corrected chi connectivity index (χ2v) is 8.50. The number of rotatable bonds is 5. The molecule has 0 spiro atoms. The van der Waals surface area contributed by atoms with E-state index in [-0.39, 0.29) is 11.3 Å². The molecule has 2 aromatic heterocycles. The molecule has 1 aliphatic rings. The number of hydrogen-bond donors (Lipinski definition) is 1. The van der Waals surface area contributed by atoms with Gasteiger partial charge in [0.05, 0.1) is 15.5 Å². The Bertz CT molecular complexity index is 1130. The van der Waals surface area contributed by atoms with Gasteiger partial charge in [-0.15, -0.1) is 0 Å². The van der Waals surface area contributed by atoms with Crippen molar-refractivity contribution in [2.24, 2.45) is 7.05 Å². The third-order valence-electron chi connectivity index (χ3n) is 5.32. The number of benzene rings is 1. The van der Waals surface area contributed by atoms with Gasteiger partial charge in [0.15, 0.2) is 11.0 Å². The number of amides is 1. The van der Waals surface area contributed by atoms with E-state index in [4.69, 9.17) is 0 Å². The SMILES string of the molecule is Cc1nc(NC(=O)c2ccc(N3CCN(C)CC3)c([N+](=O)[O-])c2)sc1-c1nccn1C. The maximum absolute atomic E-state index is 12.8. The van der Waals surface area contributed by atoms with E-state index in [0.717, 1.165) is 29.5 Å². The molecule has 11 heteroatoms. The van der Waals surface area contributed by atoms with Crippen LogP contribution in [-0.4, -0.2) is 63.5 Å². The summed E-state index contributed by atoms with van der Waals surface area (Å²) in [6, 6.07) is 4.62. The minimum absolute atomic E-state index is 0.0683. The lowest BCUT2D eigenvalue weighted by molar-refractivity contribution is -0.384. The molecule has 0 unspecified atom stereocenters. The molecule has 1 amide bonds. The quantitative estimate of drug-likeness (QED) is 0.479. The Hall–Kier alpha value is -3.31. The monoisotopic (exact) mass is 441 g/mol. The highest BCUT2D eigenvalue weighted by Gasteiger charge is 2.25. The minimum Gasteiger partial charge on any atom is -0.363 e. The summed E-state index contributed by atoms with van der Waals surface area (Å²) >= 11 is 1.32. The van der Waals surface area contributed by atoms with Crippen LogP contribution in [0.1, 0.15) is 16.1 Å². The number of anilines is 2. The van der Waals surface area contributed by atoms with Gasteiger partial charge >= 0.3 is 0 Å². The van der Waals surface area contributed by atoms with E-state index in [2.05, 4.69) is 20.2 Å². The molecule has 162 valence electrons. The number of likely N-dealkylation sites (N-methyl/N-ethyl adjacent to an activating group) is 1. The number of nitro benzene ring substituents is 1. The van der Waals surface area contributed by atoms with Crippen molar-refractivity contribution >= 4 is 33.8 Å². The number of piperazine rings is 1. The fourth-order valence-corrected chi connectivity index (χ4v) is 4.54. The molecule has 3 aromatic rings. The van der Waals surface area contributed by atoms with Crippen molar-refractivity contribution in [2.75, 3.05) is 43.4 Å². The summed E-state index contributed by atoms with van der Waals surface area (Å²) in [5, 5.41) is 14.9. The first kappa shape index (κ1) is 20.9. The van der Waals surface area contributed by atoms with E-state index in [1.807, 2.05) is 36.7 Å². The highest BCUT2D eigenvalue weighted by atomic mass is 32.1. The maximum atomic E-state index is 12.8. The van der Waals surface area contributed by atoms with Crippen LogP contribution in [-0.2, 0) is 7.05 Å². The number of nitrogens with zero attached hydrogens (tertiary/aromatic N) is 6. The highest BCUT2D eigenvalue weighted by Crippen LogP contribution is 2.33. The molecule has 0 radical (unpaired) electrons. The smallest absolute Gasteiger partial charge is 0.293 e. The van der Waals surface area contributed by atoms with Gasteiger partial charge in [-0.05, 0) is 26.1 Å². The molecule has 4 rings (SSSR count). The third-order valence-corrected chi connectivity index (χ3v) is 6.39. The number of nitro groups is 1. The first-order chi connectivity index (χ1) is 14.8. The Morgan fingerprint density at radius 2 is 1.97 bits per heavy atom. The van der Waals surface area contributed by atoms with Gasteiger partial charge in [-0.25, -0.2) is 9.97 Å². The number of nitrogens with one attached hydrogen (secondary N) is 1. The van der Waals surface area contributed by atoms with E-state index < -0.39 is 10.8 Å². The summed E-state index contributed by atoms with van der Waals surface area (Å²) in [6.07, 6.45) is 3.54. The lowest BCUT2D eigenvalue weighted by Gasteiger charge is -2.33.